The number of benzene rings is 2. The number of hydrogen-bond donors (Lipinski definition) is 0. The first-order valence-corrected chi connectivity index (χ1v) is 8.74. The van der Waals surface area contributed by atoms with Crippen molar-refractivity contribution in [2.75, 3.05) is 23.4 Å². The van der Waals surface area contributed by atoms with Crippen molar-refractivity contribution < 1.29 is 4.79 Å². The minimum absolute atomic E-state index is 0.123. The zero-order valence-electron chi connectivity index (χ0n) is 14.7. The molecule has 0 radical (unpaired) electrons. The lowest BCUT2D eigenvalue weighted by molar-refractivity contribution is 0.0992. The largest absolute Gasteiger partial charge is 0.311 e. The molecule has 1 amide bonds. The maximum absolute atomic E-state index is 12.7. The lowest BCUT2D eigenvalue weighted by Gasteiger charge is -2.29. The first-order chi connectivity index (χ1) is 12.7. The van der Waals surface area contributed by atoms with Crippen LogP contribution in [0.1, 0.15) is 22.3 Å². The van der Waals surface area contributed by atoms with Gasteiger partial charge < -0.3 is 9.80 Å². The number of hydrogen-bond acceptors (Lipinski definition) is 4. The summed E-state index contributed by atoms with van der Waals surface area (Å²) in [6.07, 6.45) is 5.37. The number of anilines is 3. The van der Waals surface area contributed by atoms with E-state index in [0.717, 1.165) is 30.8 Å². The van der Waals surface area contributed by atoms with E-state index in [-0.39, 0.29) is 5.91 Å². The minimum Gasteiger partial charge on any atom is -0.311 e. The van der Waals surface area contributed by atoms with Gasteiger partial charge in [-0.05, 0) is 36.6 Å². The van der Waals surface area contributed by atoms with Crippen molar-refractivity contribution in [1.29, 1.82) is 0 Å². The summed E-state index contributed by atoms with van der Waals surface area (Å²) in [6.45, 7) is 0.883. The third-order valence-corrected chi connectivity index (χ3v) is 4.68. The van der Waals surface area contributed by atoms with Crippen LogP contribution in [0.4, 0.5) is 17.3 Å². The van der Waals surface area contributed by atoms with Crippen molar-refractivity contribution in [3.63, 3.8) is 0 Å². The quantitative estimate of drug-likeness (QED) is 0.724. The standard InChI is InChI=1S/C21H20N4O/c1-24(18-10-3-2-4-11-18)20(26)17-14-22-21(23-15-17)25-13-7-9-16-8-5-6-12-19(16)25/h2-6,8,10-12,14-15H,7,9,13H2,1H3. The fourth-order valence-corrected chi connectivity index (χ4v) is 3.27. The highest BCUT2D eigenvalue weighted by Crippen LogP contribution is 2.31. The molecule has 3 aromatic rings. The minimum atomic E-state index is -0.123. The van der Waals surface area contributed by atoms with Crippen molar-refractivity contribution >= 4 is 23.2 Å². The number of carbonyl (C=O) groups excluding carboxylic acids is 1. The molecule has 2 aromatic carbocycles. The van der Waals surface area contributed by atoms with Gasteiger partial charge in [-0.2, -0.15) is 0 Å². The predicted molar refractivity (Wildman–Crippen MR) is 103 cm³/mol. The average Bonchev–Trinajstić information content (AvgIpc) is 2.73. The van der Waals surface area contributed by atoms with Crippen molar-refractivity contribution in [2.45, 2.75) is 12.8 Å². The Morgan fingerprint density at radius 2 is 1.69 bits per heavy atom. The van der Waals surface area contributed by atoms with Gasteiger partial charge in [0.2, 0.25) is 5.95 Å². The Balaban J connectivity index is 1.57. The summed E-state index contributed by atoms with van der Waals surface area (Å²) in [6, 6.07) is 17.9. The average molecular weight is 344 g/mol. The molecule has 0 atom stereocenters. The second-order valence-electron chi connectivity index (χ2n) is 6.36. The maximum atomic E-state index is 12.7. The van der Waals surface area contributed by atoms with Gasteiger partial charge in [0.15, 0.2) is 0 Å². The summed E-state index contributed by atoms with van der Waals surface area (Å²) >= 11 is 0. The van der Waals surface area contributed by atoms with E-state index in [0.29, 0.717) is 11.5 Å². The maximum Gasteiger partial charge on any atom is 0.261 e. The molecule has 26 heavy (non-hydrogen) atoms. The van der Waals surface area contributed by atoms with Crippen LogP contribution in [0.3, 0.4) is 0 Å². The molecule has 0 spiro atoms. The van der Waals surface area contributed by atoms with Gasteiger partial charge in [-0.25, -0.2) is 9.97 Å². The van der Waals surface area contributed by atoms with E-state index >= 15 is 0 Å². The van der Waals surface area contributed by atoms with Crippen LogP contribution in [-0.2, 0) is 6.42 Å². The van der Waals surface area contributed by atoms with Crippen molar-refractivity contribution in [3.8, 4) is 0 Å². The Hall–Kier alpha value is -3.21. The number of aromatic nitrogens is 2. The molecule has 130 valence electrons. The molecular formula is C21H20N4O. The smallest absolute Gasteiger partial charge is 0.261 e. The summed E-state index contributed by atoms with van der Waals surface area (Å²) < 4.78 is 0. The Morgan fingerprint density at radius 3 is 2.46 bits per heavy atom. The number of para-hydroxylation sites is 2. The topological polar surface area (TPSA) is 49.3 Å². The van der Waals surface area contributed by atoms with E-state index in [1.165, 1.54) is 5.56 Å². The van der Waals surface area contributed by atoms with Gasteiger partial charge in [0.1, 0.15) is 0 Å². The monoisotopic (exact) mass is 344 g/mol. The molecule has 4 rings (SSSR count). The van der Waals surface area contributed by atoms with Crippen LogP contribution >= 0.6 is 0 Å². The number of carbonyl (C=O) groups is 1. The lowest BCUT2D eigenvalue weighted by atomic mass is 10.0. The first-order valence-electron chi connectivity index (χ1n) is 8.74. The SMILES string of the molecule is CN(C(=O)c1cnc(N2CCCc3ccccc32)nc1)c1ccccc1. The third-order valence-electron chi connectivity index (χ3n) is 4.68. The van der Waals surface area contributed by atoms with Crippen LogP contribution in [0.25, 0.3) is 0 Å². The highest BCUT2D eigenvalue weighted by molar-refractivity contribution is 6.05. The molecule has 1 aromatic heterocycles. The Morgan fingerprint density at radius 1 is 1.00 bits per heavy atom. The number of nitrogens with zero attached hydrogens (tertiary/aromatic N) is 4. The fraction of sp³-hybridized carbons (Fsp3) is 0.190. The summed E-state index contributed by atoms with van der Waals surface area (Å²) in [4.78, 5) is 25.3. The van der Waals surface area contributed by atoms with Crippen LogP contribution in [0.15, 0.2) is 67.0 Å². The van der Waals surface area contributed by atoms with E-state index in [2.05, 4.69) is 33.1 Å². The summed E-state index contributed by atoms with van der Waals surface area (Å²) in [5.74, 6) is 0.512. The molecule has 0 unspecified atom stereocenters. The molecule has 0 saturated heterocycles. The lowest BCUT2D eigenvalue weighted by Crippen LogP contribution is -2.28. The highest BCUT2D eigenvalue weighted by atomic mass is 16.2. The molecule has 0 bridgehead atoms. The van der Waals surface area contributed by atoms with Gasteiger partial charge in [-0.15, -0.1) is 0 Å². The van der Waals surface area contributed by atoms with E-state index < -0.39 is 0 Å². The second-order valence-corrected chi connectivity index (χ2v) is 6.36. The molecule has 0 saturated carbocycles. The van der Waals surface area contributed by atoms with Crippen molar-refractivity contribution in [1.82, 2.24) is 9.97 Å². The van der Waals surface area contributed by atoms with Crippen LogP contribution in [0.2, 0.25) is 0 Å². The molecule has 5 heteroatoms. The van der Waals surface area contributed by atoms with Gasteiger partial charge in [0.05, 0.1) is 5.56 Å². The summed E-state index contributed by atoms with van der Waals surface area (Å²) in [5, 5.41) is 0. The van der Waals surface area contributed by atoms with E-state index in [9.17, 15) is 4.79 Å². The van der Waals surface area contributed by atoms with Crippen molar-refractivity contribution in [2.24, 2.45) is 0 Å². The summed E-state index contributed by atoms with van der Waals surface area (Å²) in [5.41, 5.74) is 3.78. The van der Waals surface area contributed by atoms with Gasteiger partial charge in [-0.1, -0.05) is 36.4 Å². The molecule has 1 aliphatic rings. The van der Waals surface area contributed by atoms with Gasteiger partial charge in [-0.3, -0.25) is 4.79 Å². The Labute approximate surface area is 152 Å². The van der Waals surface area contributed by atoms with Crippen LogP contribution < -0.4 is 9.80 Å². The van der Waals surface area contributed by atoms with Gasteiger partial charge in [0, 0.05) is 37.4 Å². The molecule has 0 N–H and O–H groups in total. The zero-order chi connectivity index (χ0) is 17.9. The van der Waals surface area contributed by atoms with Gasteiger partial charge >= 0.3 is 0 Å². The van der Waals surface area contributed by atoms with Gasteiger partial charge in [0.25, 0.3) is 5.91 Å². The number of aryl methyl sites for hydroxylation is 1. The van der Waals surface area contributed by atoms with Crippen molar-refractivity contribution in [3.05, 3.63) is 78.1 Å². The number of rotatable bonds is 3. The normalized spacial score (nSPS) is 13.2. The first kappa shape index (κ1) is 16.3. The third kappa shape index (κ3) is 3.04. The second kappa shape index (κ2) is 6.96. The zero-order valence-corrected chi connectivity index (χ0v) is 14.7. The summed E-state index contributed by atoms with van der Waals surface area (Å²) in [7, 11) is 1.76. The molecular weight excluding hydrogens is 324 g/mol. The fourth-order valence-electron chi connectivity index (χ4n) is 3.27. The molecule has 0 fully saturated rings. The van der Waals surface area contributed by atoms with Crippen LogP contribution in [0.5, 0.6) is 0 Å². The predicted octanol–water partition coefficient (Wildman–Crippen LogP) is 3.84. The Kier molecular flexibility index (Phi) is 4.35. The molecule has 5 nitrogen and oxygen atoms in total. The number of fused-ring (bicyclic) bond motifs is 1. The molecule has 0 aliphatic carbocycles. The van der Waals surface area contributed by atoms with E-state index in [4.69, 9.17) is 0 Å². The Bertz CT molecular complexity index is 909. The molecule has 2 heterocycles. The van der Waals surface area contributed by atoms with Crippen LogP contribution in [-0.4, -0.2) is 29.5 Å². The van der Waals surface area contributed by atoms with Crippen LogP contribution in [0, 0.1) is 0 Å². The number of amides is 1. The van der Waals surface area contributed by atoms with E-state index in [1.54, 1.807) is 24.3 Å². The molecule has 1 aliphatic heterocycles. The highest BCUT2D eigenvalue weighted by Gasteiger charge is 2.21. The van der Waals surface area contributed by atoms with E-state index in [1.807, 2.05) is 36.4 Å².